The number of ketones is 1. The number of amides is 2. The van der Waals surface area contributed by atoms with Crippen molar-refractivity contribution in [2.45, 2.75) is 26.2 Å². The summed E-state index contributed by atoms with van der Waals surface area (Å²) in [6.45, 7) is 4.15. The van der Waals surface area contributed by atoms with Crippen LogP contribution in [0.15, 0.2) is 34.9 Å². The van der Waals surface area contributed by atoms with Gasteiger partial charge in [-0.3, -0.25) is 10.0 Å². The van der Waals surface area contributed by atoms with E-state index >= 15 is 0 Å². The van der Waals surface area contributed by atoms with E-state index in [1.165, 1.54) is 11.7 Å². The molecule has 0 saturated carbocycles. The van der Waals surface area contributed by atoms with Crippen molar-refractivity contribution in [3.05, 3.63) is 46.5 Å². The van der Waals surface area contributed by atoms with Gasteiger partial charge in [0.05, 0.1) is 6.21 Å². The number of hydroxylamine groups is 1. The molecule has 6 heteroatoms. The Morgan fingerprint density at radius 3 is 2.86 bits per heavy atom. The second-order valence-electron chi connectivity index (χ2n) is 5.07. The lowest BCUT2D eigenvalue weighted by Crippen LogP contribution is -2.29. The van der Waals surface area contributed by atoms with Gasteiger partial charge in [-0.15, -0.1) is 0 Å². The van der Waals surface area contributed by atoms with Gasteiger partial charge in [-0.25, -0.2) is 15.7 Å². The molecule has 0 aromatic heterocycles. The molecule has 0 unspecified atom stereocenters. The largest absolute Gasteiger partial charge is 0.358 e. The van der Waals surface area contributed by atoms with Gasteiger partial charge in [0, 0.05) is 11.1 Å². The summed E-state index contributed by atoms with van der Waals surface area (Å²) in [6.07, 6.45) is 3.69. The first kappa shape index (κ1) is 14.9. The highest BCUT2D eigenvalue weighted by Gasteiger charge is 2.20. The van der Waals surface area contributed by atoms with Gasteiger partial charge in [0.1, 0.15) is 0 Å². The maximum atomic E-state index is 12.4. The van der Waals surface area contributed by atoms with Crippen molar-refractivity contribution in [2.75, 3.05) is 0 Å². The summed E-state index contributed by atoms with van der Waals surface area (Å²) in [5, 5.41) is 11.9. The van der Waals surface area contributed by atoms with Gasteiger partial charge in [0.2, 0.25) is 0 Å². The van der Waals surface area contributed by atoms with E-state index in [1.807, 2.05) is 23.6 Å². The number of carbonyl (C=O) groups is 2. The first-order valence-electron chi connectivity index (χ1n) is 6.63. The van der Waals surface area contributed by atoms with Crippen LogP contribution in [0.2, 0.25) is 0 Å². The minimum Gasteiger partial charge on any atom is -0.289 e. The van der Waals surface area contributed by atoms with E-state index in [2.05, 4.69) is 18.9 Å². The van der Waals surface area contributed by atoms with Gasteiger partial charge < -0.3 is 0 Å². The summed E-state index contributed by atoms with van der Waals surface area (Å²) >= 11 is 0. The van der Waals surface area contributed by atoms with E-state index in [-0.39, 0.29) is 5.78 Å². The van der Waals surface area contributed by atoms with Crippen LogP contribution >= 0.6 is 0 Å². The third kappa shape index (κ3) is 3.35. The molecule has 1 aromatic carbocycles. The molecular formula is C15H17N3O3. The number of Topliss-reactive ketones (excluding diaryl/α,β-unsaturated/α-hetero) is 1. The summed E-state index contributed by atoms with van der Waals surface area (Å²) < 4.78 is 0. The van der Waals surface area contributed by atoms with Gasteiger partial charge in [0.25, 0.3) is 0 Å². The highest BCUT2D eigenvalue weighted by atomic mass is 16.5. The molecule has 0 fully saturated rings. The fourth-order valence-electron chi connectivity index (χ4n) is 2.11. The van der Waals surface area contributed by atoms with E-state index in [4.69, 9.17) is 5.21 Å². The lowest BCUT2D eigenvalue weighted by atomic mass is 9.87. The minimum atomic E-state index is -0.863. The zero-order chi connectivity index (χ0) is 15.4. The smallest absolute Gasteiger partial charge is 0.289 e. The number of benzene rings is 1. The summed E-state index contributed by atoms with van der Waals surface area (Å²) in [5.74, 6) is 0.231. The Balaban J connectivity index is 2.19. The third-order valence-electron chi connectivity index (χ3n) is 3.32. The quantitative estimate of drug-likeness (QED) is 0.452. The van der Waals surface area contributed by atoms with Crippen molar-refractivity contribution in [3.8, 4) is 0 Å². The zero-order valence-electron chi connectivity index (χ0n) is 11.9. The molecule has 0 spiro atoms. The number of hydrogen-bond donors (Lipinski definition) is 3. The van der Waals surface area contributed by atoms with Crippen molar-refractivity contribution in [1.82, 2.24) is 10.9 Å². The molecular weight excluding hydrogens is 270 g/mol. The molecule has 1 aliphatic rings. The number of hydrazone groups is 1. The van der Waals surface area contributed by atoms with Crippen molar-refractivity contribution in [2.24, 2.45) is 5.10 Å². The van der Waals surface area contributed by atoms with E-state index < -0.39 is 6.03 Å². The number of carbonyl (C=O) groups excluding carboxylic acids is 2. The SMILES string of the molecule is CC(C)c1ccc2c(c1)C(=O)C(/C=N\NC(=O)NO)=CC2. The fourth-order valence-corrected chi connectivity index (χ4v) is 2.11. The molecule has 1 aliphatic carbocycles. The van der Waals surface area contributed by atoms with Crippen LogP contribution in [0, 0.1) is 0 Å². The number of nitrogens with zero attached hydrogens (tertiary/aromatic N) is 1. The number of hydrogen-bond acceptors (Lipinski definition) is 4. The predicted molar refractivity (Wildman–Crippen MR) is 78.6 cm³/mol. The number of fused-ring (bicyclic) bond motifs is 1. The van der Waals surface area contributed by atoms with Gasteiger partial charge in [-0.1, -0.05) is 32.1 Å². The van der Waals surface area contributed by atoms with Crippen molar-refractivity contribution in [1.29, 1.82) is 0 Å². The molecule has 110 valence electrons. The molecule has 0 bridgehead atoms. The number of urea groups is 1. The molecule has 0 saturated heterocycles. The first-order chi connectivity index (χ1) is 10.0. The first-order valence-corrected chi connectivity index (χ1v) is 6.63. The Bertz CT molecular complexity index is 633. The van der Waals surface area contributed by atoms with Gasteiger partial charge in [-0.05, 0) is 29.5 Å². The summed E-state index contributed by atoms with van der Waals surface area (Å²) in [6, 6.07) is 5.07. The van der Waals surface area contributed by atoms with Crippen LogP contribution in [-0.4, -0.2) is 23.2 Å². The average molecular weight is 287 g/mol. The normalized spacial score (nSPS) is 14.1. The van der Waals surface area contributed by atoms with Crippen molar-refractivity contribution < 1.29 is 14.8 Å². The Hall–Kier alpha value is -2.47. The Kier molecular flexibility index (Phi) is 4.49. The molecule has 3 N–H and O–H groups in total. The summed E-state index contributed by atoms with van der Waals surface area (Å²) in [4.78, 5) is 23.2. The monoisotopic (exact) mass is 287 g/mol. The van der Waals surface area contributed by atoms with E-state index in [1.54, 1.807) is 6.08 Å². The van der Waals surface area contributed by atoms with Crippen LogP contribution in [-0.2, 0) is 6.42 Å². The van der Waals surface area contributed by atoms with Crippen LogP contribution in [0.25, 0.3) is 0 Å². The lowest BCUT2D eigenvalue weighted by molar-refractivity contribution is 0.103. The summed E-state index contributed by atoms with van der Waals surface area (Å²) in [5.41, 5.74) is 6.60. The Morgan fingerprint density at radius 2 is 2.19 bits per heavy atom. The Morgan fingerprint density at radius 1 is 1.43 bits per heavy atom. The standard InChI is InChI=1S/C15H17N3O3/c1-9(2)11-5-3-10-4-6-12(14(19)13(10)7-11)8-16-17-15(20)18-21/h3,5-9,21H,4H2,1-2H3,(H2,17,18,20)/b16-8-. The molecule has 0 heterocycles. The van der Waals surface area contributed by atoms with Crippen LogP contribution in [0.1, 0.15) is 41.3 Å². The molecule has 0 radical (unpaired) electrons. The molecule has 6 nitrogen and oxygen atoms in total. The van der Waals surface area contributed by atoms with Crippen molar-refractivity contribution >= 4 is 18.0 Å². The van der Waals surface area contributed by atoms with E-state index in [9.17, 15) is 9.59 Å². The molecule has 2 amide bonds. The third-order valence-corrected chi connectivity index (χ3v) is 3.32. The second-order valence-corrected chi connectivity index (χ2v) is 5.07. The maximum Gasteiger partial charge on any atom is 0.358 e. The molecule has 1 aromatic rings. The minimum absolute atomic E-state index is 0.117. The lowest BCUT2D eigenvalue weighted by Gasteiger charge is -2.16. The van der Waals surface area contributed by atoms with E-state index in [0.29, 0.717) is 23.5 Å². The number of rotatable bonds is 3. The van der Waals surface area contributed by atoms with Crippen LogP contribution in [0.5, 0.6) is 0 Å². The zero-order valence-corrected chi connectivity index (χ0v) is 11.9. The predicted octanol–water partition coefficient (Wildman–Crippen LogP) is 2.15. The van der Waals surface area contributed by atoms with E-state index in [0.717, 1.165) is 11.1 Å². The number of allylic oxidation sites excluding steroid dienone is 2. The molecule has 2 rings (SSSR count). The molecule has 0 aliphatic heterocycles. The van der Waals surface area contributed by atoms with Gasteiger partial charge in [0.15, 0.2) is 5.78 Å². The molecule has 0 atom stereocenters. The van der Waals surface area contributed by atoms with Crippen LogP contribution in [0.3, 0.4) is 0 Å². The topological polar surface area (TPSA) is 90.8 Å². The fraction of sp³-hybridized carbons (Fsp3) is 0.267. The maximum absolute atomic E-state index is 12.4. The van der Waals surface area contributed by atoms with Gasteiger partial charge in [-0.2, -0.15) is 5.10 Å². The van der Waals surface area contributed by atoms with Crippen molar-refractivity contribution in [3.63, 3.8) is 0 Å². The number of nitrogens with one attached hydrogen (secondary N) is 2. The second kappa shape index (κ2) is 6.32. The summed E-state index contributed by atoms with van der Waals surface area (Å²) in [7, 11) is 0. The van der Waals surface area contributed by atoms with Crippen LogP contribution < -0.4 is 10.9 Å². The van der Waals surface area contributed by atoms with Crippen LogP contribution in [0.4, 0.5) is 4.79 Å². The molecule has 21 heavy (non-hydrogen) atoms. The average Bonchev–Trinajstić information content (AvgIpc) is 2.49. The highest BCUT2D eigenvalue weighted by molar-refractivity contribution is 6.22. The van der Waals surface area contributed by atoms with Gasteiger partial charge >= 0.3 is 6.03 Å². The Labute approximate surface area is 122 Å². The highest BCUT2D eigenvalue weighted by Crippen LogP contribution is 2.24.